The molecule has 3 rings (SSSR count). The molecule has 3 heteroatoms. The first-order valence-electron chi connectivity index (χ1n) is 7.91. The van der Waals surface area contributed by atoms with E-state index < -0.39 is 0 Å². The monoisotopic (exact) mass is 288 g/mol. The Bertz CT molecular complexity index is 583. The highest BCUT2D eigenvalue weighted by Gasteiger charge is 2.51. The predicted octanol–water partition coefficient (Wildman–Crippen LogP) is 3.75. The molecule has 2 aliphatic rings. The molecule has 114 valence electrons. The summed E-state index contributed by atoms with van der Waals surface area (Å²) in [5.74, 6) is 2.08. The summed E-state index contributed by atoms with van der Waals surface area (Å²) < 4.78 is 5.57. The van der Waals surface area contributed by atoms with Crippen LogP contribution in [-0.4, -0.2) is 17.0 Å². The van der Waals surface area contributed by atoms with E-state index in [1.165, 1.54) is 0 Å². The minimum atomic E-state index is -0.312. The van der Waals surface area contributed by atoms with Crippen LogP contribution >= 0.6 is 0 Å². The third-order valence-electron chi connectivity index (χ3n) is 5.58. The quantitative estimate of drug-likeness (QED) is 0.801. The number of hydrogen-bond acceptors (Lipinski definition) is 3. The van der Waals surface area contributed by atoms with Crippen molar-refractivity contribution >= 4 is 11.9 Å². The van der Waals surface area contributed by atoms with Gasteiger partial charge in [-0.3, -0.25) is 4.79 Å². The van der Waals surface area contributed by atoms with E-state index in [1.54, 1.807) is 0 Å². The lowest BCUT2D eigenvalue weighted by Crippen LogP contribution is -2.51. The highest BCUT2D eigenvalue weighted by atomic mass is 16.3. The Morgan fingerprint density at radius 2 is 2.14 bits per heavy atom. The van der Waals surface area contributed by atoms with Crippen LogP contribution in [0.3, 0.4) is 0 Å². The normalized spacial score (nSPS) is 38.6. The van der Waals surface area contributed by atoms with E-state index in [0.29, 0.717) is 12.3 Å². The van der Waals surface area contributed by atoms with Gasteiger partial charge in [0.15, 0.2) is 5.78 Å². The van der Waals surface area contributed by atoms with E-state index in [9.17, 15) is 9.90 Å². The first-order valence-corrected chi connectivity index (χ1v) is 7.91. The Morgan fingerprint density at radius 3 is 2.81 bits per heavy atom. The summed E-state index contributed by atoms with van der Waals surface area (Å²) in [7, 11) is 0. The fourth-order valence-corrected chi connectivity index (χ4v) is 4.31. The van der Waals surface area contributed by atoms with Crippen LogP contribution in [0.5, 0.6) is 0 Å². The predicted molar refractivity (Wildman–Crippen MR) is 81.7 cm³/mol. The van der Waals surface area contributed by atoms with Crippen molar-refractivity contribution in [3.05, 3.63) is 29.2 Å². The van der Waals surface area contributed by atoms with Crippen molar-refractivity contribution in [2.75, 3.05) is 0 Å². The van der Waals surface area contributed by atoms with Crippen molar-refractivity contribution in [3.8, 4) is 0 Å². The molecule has 0 bridgehead atoms. The summed E-state index contributed by atoms with van der Waals surface area (Å²) in [6.07, 6.45) is 5.13. The number of fused-ring (bicyclic) bond motifs is 1. The highest BCUT2D eigenvalue weighted by molar-refractivity contribution is 6.01. The summed E-state index contributed by atoms with van der Waals surface area (Å²) in [4.78, 5) is 12.6. The summed E-state index contributed by atoms with van der Waals surface area (Å²) in [5.41, 5.74) is 0.621. The molecule has 0 spiro atoms. The standard InChI is InChI=1S/C18H24O3/c1-11-7-8-14(21-11)9-13-10-18(3)15(12(2)17(13)20)5-4-6-16(18)19/h7-9,12,15-16,19H,4-6,10H2,1-3H3/t12?,15?,16-,18-/m0/s1. The molecule has 2 fully saturated rings. The molecule has 0 aliphatic heterocycles. The van der Waals surface area contributed by atoms with Crippen LogP contribution in [-0.2, 0) is 4.79 Å². The average Bonchev–Trinajstić information content (AvgIpc) is 2.84. The topological polar surface area (TPSA) is 50.4 Å². The van der Waals surface area contributed by atoms with E-state index in [2.05, 4.69) is 6.92 Å². The molecule has 1 aromatic heterocycles. The number of aliphatic hydroxyl groups is 1. The second-order valence-electron chi connectivity index (χ2n) is 7.01. The first kappa shape index (κ1) is 14.6. The lowest BCUT2D eigenvalue weighted by atomic mass is 9.54. The lowest BCUT2D eigenvalue weighted by molar-refractivity contribution is -0.133. The SMILES string of the molecule is Cc1ccc(C=C2C[C@@]3(C)C(CCC[C@@H]3O)C(C)C2=O)o1. The lowest BCUT2D eigenvalue weighted by Gasteiger charge is -2.51. The van der Waals surface area contributed by atoms with Crippen LogP contribution in [0.4, 0.5) is 0 Å². The van der Waals surface area contributed by atoms with Crippen molar-refractivity contribution in [1.82, 2.24) is 0 Å². The number of carbonyl (C=O) groups is 1. The maximum Gasteiger partial charge on any atom is 0.162 e. The minimum absolute atomic E-state index is 0.0130. The van der Waals surface area contributed by atoms with E-state index in [-0.39, 0.29) is 23.2 Å². The molecular formula is C18H24O3. The van der Waals surface area contributed by atoms with Gasteiger partial charge in [-0.15, -0.1) is 0 Å². The van der Waals surface area contributed by atoms with Crippen molar-refractivity contribution in [2.45, 2.75) is 52.6 Å². The first-order chi connectivity index (χ1) is 9.91. The van der Waals surface area contributed by atoms with Gasteiger partial charge < -0.3 is 9.52 Å². The van der Waals surface area contributed by atoms with Gasteiger partial charge in [0.25, 0.3) is 0 Å². The fourth-order valence-electron chi connectivity index (χ4n) is 4.31. The number of rotatable bonds is 1. The average molecular weight is 288 g/mol. The minimum Gasteiger partial charge on any atom is -0.462 e. The number of aryl methyl sites for hydroxylation is 1. The molecule has 0 saturated heterocycles. The Morgan fingerprint density at radius 1 is 1.38 bits per heavy atom. The second-order valence-corrected chi connectivity index (χ2v) is 7.01. The maximum absolute atomic E-state index is 12.6. The van der Waals surface area contributed by atoms with Crippen molar-refractivity contribution in [3.63, 3.8) is 0 Å². The van der Waals surface area contributed by atoms with E-state index >= 15 is 0 Å². The van der Waals surface area contributed by atoms with Crippen LogP contribution in [0.2, 0.25) is 0 Å². The zero-order chi connectivity index (χ0) is 15.2. The molecule has 0 aromatic carbocycles. The highest BCUT2D eigenvalue weighted by Crippen LogP contribution is 2.53. The third-order valence-corrected chi connectivity index (χ3v) is 5.58. The van der Waals surface area contributed by atoms with Crippen LogP contribution in [0.15, 0.2) is 22.1 Å². The third kappa shape index (κ3) is 2.38. The number of carbonyl (C=O) groups excluding carboxylic acids is 1. The molecule has 0 amide bonds. The largest absolute Gasteiger partial charge is 0.462 e. The number of Topliss-reactive ketones (excluding diaryl/α,β-unsaturated/α-hetero) is 1. The summed E-state index contributed by atoms with van der Waals surface area (Å²) in [6, 6.07) is 3.80. The van der Waals surface area contributed by atoms with Crippen LogP contribution < -0.4 is 0 Å². The zero-order valence-corrected chi connectivity index (χ0v) is 13.1. The number of aliphatic hydroxyl groups excluding tert-OH is 1. The zero-order valence-electron chi connectivity index (χ0n) is 13.1. The van der Waals surface area contributed by atoms with Crippen LogP contribution in [0.1, 0.15) is 51.1 Å². The summed E-state index contributed by atoms with van der Waals surface area (Å²) >= 11 is 0. The molecule has 21 heavy (non-hydrogen) atoms. The molecule has 2 aliphatic carbocycles. The van der Waals surface area contributed by atoms with Gasteiger partial charge in [-0.25, -0.2) is 0 Å². The number of furan rings is 1. The number of allylic oxidation sites excluding steroid dienone is 1. The van der Waals surface area contributed by atoms with Gasteiger partial charge in [-0.1, -0.05) is 20.3 Å². The van der Waals surface area contributed by atoms with E-state index in [0.717, 1.165) is 36.4 Å². The molecule has 0 radical (unpaired) electrons. The Labute approximate surface area is 126 Å². The molecule has 1 aromatic rings. The van der Waals surface area contributed by atoms with Gasteiger partial charge in [0, 0.05) is 11.3 Å². The van der Waals surface area contributed by atoms with Gasteiger partial charge in [0.05, 0.1) is 6.10 Å². The summed E-state index contributed by atoms with van der Waals surface area (Å²) in [5, 5.41) is 10.5. The molecule has 2 saturated carbocycles. The fraction of sp³-hybridized carbons (Fsp3) is 0.611. The molecular weight excluding hydrogens is 264 g/mol. The van der Waals surface area contributed by atoms with Gasteiger partial charge in [0.2, 0.25) is 0 Å². The number of hydrogen-bond donors (Lipinski definition) is 1. The molecule has 2 unspecified atom stereocenters. The van der Waals surface area contributed by atoms with Crippen LogP contribution in [0.25, 0.3) is 6.08 Å². The second kappa shape index (κ2) is 5.13. The Hall–Kier alpha value is -1.35. The van der Waals surface area contributed by atoms with Gasteiger partial charge in [0.1, 0.15) is 11.5 Å². The van der Waals surface area contributed by atoms with Gasteiger partial charge in [-0.2, -0.15) is 0 Å². The van der Waals surface area contributed by atoms with Gasteiger partial charge >= 0.3 is 0 Å². The smallest absolute Gasteiger partial charge is 0.162 e. The maximum atomic E-state index is 12.6. The van der Waals surface area contributed by atoms with Gasteiger partial charge in [-0.05, 0) is 55.9 Å². The van der Waals surface area contributed by atoms with Crippen molar-refractivity contribution in [2.24, 2.45) is 17.3 Å². The molecule has 4 atom stereocenters. The molecule has 3 nitrogen and oxygen atoms in total. The molecule has 1 N–H and O–H groups in total. The molecule has 1 heterocycles. The Balaban J connectivity index is 1.96. The summed E-state index contributed by atoms with van der Waals surface area (Å²) in [6.45, 7) is 6.06. The van der Waals surface area contributed by atoms with E-state index in [4.69, 9.17) is 4.42 Å². The van der Waals surface area contributed by atoms with Crippen molar-refractivity contribution in [1.29, 1.82) is 0 Å². The van der Waals surface area contributed by atoms with Crippen LogP contribution in [0, 0.1) is 24.2 Å². The number of ketones is 1. The Kier molecular flexibility index (Phi) is 3.56. The van der Waals surface area contributed by atoms with E-state index in [1.807, 2.05) is 32.1 Å². The van der Waals surface area contributed by atoms with Crippen molar-refractivity contribution < 1.29 is 14.3 Å².